The first-order chi connectivity index (χ1) is 15.0. The average Bonchev–Trinajstić information content (AvgIpc) is 2.68. The van der Waals surface area contributed by atoms with Crippen molar-refractivity contribution in [3.8, 4) is 11.5 Å². The zero-order chi connectivity index (χ0) is 25.4. The number of phosphoric ester groups is 1. The molecule has 1 rings (SSSR count). The quantitative estimate of drug-likeness (QED) is 0.292. The third-order valence-corrected chi connectivity index (χ3v) is 7.69. The fraction of sp³-hybridized carbons (Fsp3) is 0.571. The summed E-state index contributed by atoms with van der Waals surface area (Å²) in [4.78, 5) is 35.3. The van der Waals surface area contributed by atoms with Crippen LogP contribution in [-0.2, 0) is 23.2 Å². The number of phosphoric acid groups is 1. The van der Waals surface area contributed by atoms with Gasteiger partial charge in [-0.05, 0) is 18.2 Å². The van der Waals surface area contributed by atoms with E-state index in [-0.39, 0.29) is 40.7 Å². The van der Waals surface area contributed by atoms with Gasteiger partial charge < -0.3 is 14.7 Å². The normalized spacial score (nSPS) is 12.4. The van der Waals surface area contributed by atoms with Gasteiger partial charge in [0.25, 0.3) is 0 Å². The lowest BCUT2D eigenvalue weighted by Crippen LogP contribution is -2.18. The molecule has 0 fully saturated rings. The Morgan fingerprint density at radius 3 is 1.76 bits per heavy atom. The third-order valence-electron chi connectivity index (χ3n) is 3.77. The van der Waals surface area contributed by atoms with Crippen LogP contribution >= 0.6 is 31.3 Å². The summed E-state index contributed by atoms with van der Waals surface area (Å²) in [5.74, 6) is -1.64. The van der Waals surface area contributed by atoms with Gasteiger partial charge >= 0.3 is 13.8 Å². The van der Waals surface area contributed by atoms with Crippen molar-refractivity contribution in [1.29, 1.82) is 0 Å². The highest BCUT2D eigenvalue weighted by atomic mass is 32.2. The molecule has 2 N–H and O–H groups in total. The minimum Gasteiger partial charge on any atom is -0.507 e. The highest BCUT2D eigenvalue weighted by molar-refractivity contribution is 8.14. The summed E-state index contributed by atoms with van der Waals surface area (Å²) in [5, 5.41) is 18.7. The zero-order valence-corrected chi connectivity index (χ0v) is 22.1. The van der Waals surface area contributed by atoms with Gasteiger partial charge in [-0.2, -0.15) is 0 Å². The van der Waals surface area contributed by atoms with Gasteiger partial charge in [0, 0.05) is 22.3 Å². The van der Waals surface area contributed by atoms with Crippen LogP contribution in [0.2, 0.25) is 0 Å². The van der Waals surface area contributed by atoms with E-state index in [1.54, 1.807) is 41.5 Å². The minimum absolute atomic E-state index is 0.0653. The maximum absolute atomic E-state index is 13.2. The Balaban J connectivity index is 2.86. The molecule has 0 heterocycles. The highest BCUT2D eigenvalue weighted by Gasteiger charge is 2.31. The molecule has 1 aromatic rings. The van der Waals surface area contributed by atoms with E-state index in [9.17, 15) is 24.1 Å². The molecule has 0 aromatic heterocycles. The second-order valence-corrected chi connectivity index (χ2v) is 12.7. The number of hydrogen-bond acceptors (Lipinski definition) is 10. The number of benzene rings is 1. The Labute approximate surface area is 202 Å². The van der Waals surface area contributed by atoms with Crippen molar-refractivity contribution in [2.75, 3.05) is 24.7 Å². The molecule has 0 aliphatic rings. The summed E-state index contributed by atoms with van der Waals surface area (Å²) >= 11 is 2.04. The molecular weight excluding hydrogens is 491 g/mol. The lowest BCUT2D eigenvalue weighted by molar-refractivity contribution is -0.118. The molecule has 0 atom stereocenters. The lowest BCUT2D eigenvalue weighted by Gasteiger charge is -2.20. The van der Waals surface area contributed by atoms with Crippen LogP contribution in [0, 0.1) is 10.8 Å². The number of carboxylic acid groups (broad SMARTS) is 1. The number of aromatic hydroxyl groups is 1. The van der Waals surface area contributed by atoms with Crippen molar-refractivity contribution in [2.24, 2.45) is 10.8 Å². The van der Waals surface area contributed by atoms with Crippen LogP contribution in [0.5, 0.6) is 11.5 Å². The monoisotopic (exact) mass is 522 g/mol. The average molecular weight is 523 g/mol. The number of phenols is 1. The topological polar surface area (TPSA) is 136 Å². The van der Waals surface area contributed by atoms with E-state index < -0.39 is 35.9 Å². The second kappa shape index (κ2) is 12.3. The van der Waals surface area contributed by atoms with Crippen LogP contribution in [0.25, 0.3) is 0 Å². The molecule has 1 aromatic carbocycles. The third kappa shape index (κ3) is 10.5. The van der Waals surface area contributed by atoms with Crippen LogP contribution < -0.4 is 4.52 Å². The van der Waals surface area contributed by atoms with Gasteiger partial charge in [-0.1, -0.05) is 65.1 Å². The Kier molecular flexibility index (Phi) is 11.0. The van der Waals surface area contributed by atoms with E-state index in [0.29, 0.717) is 0 Å². The molecule has 0 amide bonds. The molecule has 9 nitrogen and oxygen atoms in total. The molecule has 33 heavy (non-hydrogen) atoms. The van der Waals surface area contributed by atoms with Crippen LogP contribution in [0.15, 0.2) is 18.2 Å². The Bertz CT molecular complexity index is 866. The van der Waals surface area contributed by atoms with Crippen LogP contribution in [0.3, 0.4) is 0 Å². The fourth-order valence-corrected chi connectivity index (χ4v) is 4.96. The molecular formula is C21H31O9PS2. The molecule has 0 aliphatic carbocycles. The molecule has 0 saturated carbocycles. The smallest absolute Gasteiger partial charge is 0.507 e. The first-order valence-electron chi connectivity index (χ1n) is 10.0. The van der Waals surface area contributed by atoms with Crippen molar-refractivity contribution in [3.63, 3.8) is 0 Å². The molecule has 0 saturated heterocycles. The van der Waals surface area contributed by atoms with E-state index in [2.05, 4.69) is 0 Å². The van der Waals surface area contributed by atoms with E-state index >= 15 is 0 Å². The standard InChI is InChI=1S/C21H31O9PS2/c1-20(2,3)18(25)32-11-9-28-31(27,29-10-12-33-19(26)21(4,5)6)30-14-7-8-16(22)15(13-14)17(23)24/h7-8,13,22H,9-12H2,1-6H3,(H,23,24). The van der Waals surface area contributed by atoms with Crippen LogP contribution in [0.1, 0.15) is 51.9 Å². The van der Waals surface area contributed by atoms with Gasteiger partial charge in [0.15, 0.2) is 10.2 Å². The Morgan fingerprint density at radius 1 is 0.909 bits per heavy atom. The Morgan fingerprint density at radius 2 is 1.36 bits per heavy atom. The van der Waals surface area contributed by atoms with E-state index in [1.807, 2.05) is 0 Å². The molecule has 0 spiro atoms. The van der Waals surface area contributed by atoms with Gasteiger partial charge in [-0.3, -0.25) is 18.6 Å². The first kappa shape index (κ1) is 29.5. The highest BCUT2D eigenvalue weighted by Crippen LogP contribution is 2.50. The van der Waals surface area contributed by atoms with Crippen molar-refractivity contribution in [3.05, 3.63) is 23.8 Å². The van der Waals surface area contributed by atoms with E-state index in [0.717, 1.165) is 35.7 Å². The molecule has 12 heteroatoms. The first-order valence-corrected chi connectivity index (χ1v) is 13.5. The van der Waals surface area contributed by atoms with Gasteiger partial charge in [0.1, 0.15) is 17.1 Å². The lowest BCUT2D eigenvalue weighted by atomic mass is 9.99. The molecule has 0 aliphatic heterocycles. The molecule has 186 valence electrons. The van der Waals surface area contributed by atoms with Gasteiger partial charge in [0.2, 0.25) is 0 Å². The van der Waals surface area contributed by atoms with Crippen molar-refractivity contribution in [1.82, 2.24) is 0 Å². The Hall–Kier alpha value is -1.52. The van der Waals surface area contributed by atoms with Crippen LogP contribution in [-0.4, -0.2) is 51.1 Å². The number of carbonyl (C=O) groups excluding carboxylic acids is 2. The number of aromatic carboxylic acids is 1. The van der Waals surface area contributed by atoms with Gasteiger partial charge in [-0.15, -0.1) is 0 Å². The van der Waals surface area contributed by atoms with Crippen LogP contribution in [0.4, 0.5) is 0 Å². The summed E-state index contributed by atoms with van der Waals surface area (Å²) in [6, 6.07) is 3.29. The van der Waals surface area contributed by atoms with Crippen molar-refractivity contribution < 1.29 is 42.7 Å². The largest absolute Gasteiger partial charge is 0.530 e. The SMILES string of the molecule is CC(C)(C)C(=O)SCCOP(=O)(OCCSC(=O)C(C)(C)C)Oc1ccc(O)c(C(=O)O)c1. The van der Waals surface area contributed by atoms with E-state index in [1.165, 1.54) is 6.07 Å². The number of carbonyl (C=O) groups is 3. The molecule has 0 unspecified atom stereocenters. The minimum atomic E-state index is -4.23. The van der Waals surface area contributed by atoms with Gasteiger partial charge in [0.05, 0.1) is 13.2 Å². The van der Waals surface area contributed by atoms with Gasteiger partial charge in [-0.25, -0.2) is 9.36 Å². The number of hydrogen-bond donors (Lipinski definition) is 2. The summed E-state index contributed by atoms with van der Waals surface area (Å²) in [5.41, 5.74) is -1.54. The second-order valence-electron chi connectivity index (χ2n) is 8.96. The van der Waals surface area contributed by atoms with Crippen molar-refractivity contribution >= 4 is 47.5 Å². The summed E-state index contributed by atoms with van der Waals surface area (Å²) < 4.78 is 29.2. The maximum atomic E-state index is 13.2. The summed E-state index contributed by atoms with van der Waals surface area (Å²) in [6.07, 6.45) is 0. The zero-order valence-electron chi connectivity index (χ0n) is 19.6. The van der Waals surface area contributed by atoms with E-state index in [4.69, 9.17) is 18.7 Å². The predicted octanol–water partition coefficient (Wildman–Crippen LogP) is 5.22. The summed E-state index contributed by atoms with van der Waals surface area (Å²) in [6.45, 7) is 10.4. The molecule has 0 radical (unpaired) electrons. The number of rotatable bonds is 11. The number of carboxylic acids is 1. The molecule has 0 bridgehead atoms. The van der Waals surface area contributed by atoms with Crippen molar-refractivity contribution in [2.45, 2.75) is 41.5 Å². The number of thioether (sulfide) groups is 2. The maximum Gasteiger partial charge on any atom is 0.530 e. The summed E-state index contributed by atoms with van der Waals surface area (Å²) in [7, 11) is -4.23. The predicted molar refractivity (Wildman–Crippen MR) is 129 cm³/mol. The fourth-order valence-electron chi connectivity index (χ4n) is 1.96.